The summed E-state index contributed by atoms with van der Waals surface area (Å²) in [5, 5.41) is 8.56. The highest BCUT2D eigenvalue weighted by Crippen LogP contribution is 2.08. The Kier molecular flexibility index (Phi) is 17.2. The van der Waals surface area contributed by atoms with Crippen LogP contribution < -0.4 is 0 Å². The van der Waals surface area contributed by atoms with Crippen LogP contribution in [0.5, 0.6) is 0 Å². The first kappa shape index (κ1) is 23.2. The van der Waals surface area contributed by atoms with Gasteiger partial charge in [-0.2, -0.15) is 0 Å². The van der Waals surface area contributed by atoms with Crippen LogP contribution in [0.1, 0.15) is 71.6 Å². The van der Waals surface area contributed by atoms with E-state index in [4.69, 9.17) is 5.11 Å². The predicted octanol–water partition coefficient (Wildman–Crippen LogP) is 7.02. The zero-order valence-electron chi connectivity index (χ0n) is 16.1. The van der Waals surface area contributed by atoms with Crippen LogP contribution in [0, 0.1) is 5.92 Å². The summed E-state index contributed by atoms with van der Waals surface area (Å²) in [6.45, 7) is 4.41. The molecule has 0 aromatic heterocycles. The fourth-order valence-electron chi connectivity index (χ4n) is 2.21. The third-order valence-electron chi connectivity index (χ3n) is 3.73. The summed E-state index contributed by atoms with van der Waals surface area (Å²) in [6.07, 6.45) is 30.3. The minimum Gasteiger partial charge on any atom is -0.481 e. The summed E-state index contributed by atoms with van der Waals surface area (Å²) in [5.41, 5.74) is 0. The van der Waals surface area contributed by atoms with Gasteiger partial charge in [-0.15, -0.1) is 0 Å². The van der Waals surface area contributed by atoms with Crippen molar-refractivity contribution < 1.29 is 9.90 Å². The number of allylic oxidation sites excluding steroid dienone is 10. The number of carboxylic acid groups (broad SMARTS) is 1. The Hall–Kier alpha value is -1.83. The van der Waals surface area contributed by atoms with E-state index < -0.39 is 5.97 Å². The van der Waals surface area contributed by atoms with E-state index in [9.17, 15) is 4.79 Å². The first-order valence-electron chi connectivity index (χ1n) is 9.68. The van der Waals surface area contributed by atoms with Gasteiger partial charge in [0.15, 0.2) is 0 Å². The number of unbranched alkanes of at least 4 members (excludes halogenated alkanes) is 4. The molecule has 0 aromatic rings. The monoisotopic (exact) mass is 344 g/mol. The van der Waals surface area contributed by atoms with E-state index >= 15 is 0 Å². The molecule has 0 fully saturated rings. The van der Waals surface area contributed by atoms with Crippen molar-refractivity contribution >= 4 is 5.97 Å². The van der Waals surface area contributed by atoms with Crippen molar-refractivity contribution in [1.29, 1.82) is 0 Å². The standard InChI is InChI=1S/C23H36O2/c1-3-4-5-6-7-8-9-10-13-16-19-22(2)20-17-14-11-12-15-18-21-23(24)25/h5-8,10,13-14,16-17,19,22H,3-4,9,11-12,15,18,20-21H2,1-2H3,(H,24,25). The zero-order valence-corrected chi connectivity index (χ0v) is 16.1. The highest BCUT2D eigenvalue weighted by Gasteiger charge is 1.95. The lowest BCUT2D eigenvalue weighted by Gasteiger charge is -2.00. The van der Waals surface area contributed by atoms with Crippen LogP contribution in [-0.2, 0) is 4.79 Å². The quantitative estimate of drug-likeness (QED) is 0.197. The van der Waals surface area contributed by atoms with Gasteiger partial charge in [-0.3, -0.25) is 4.79 Å². The molecule has 25 heavy (non-hydrogen) atoms. The highest BCUT2D eigenvalue weighted by molar-refractivity contribution is 5.66. The van der Waals surface area contributed by atoms with E-state index in [0.29, 0.717) is 12.3 Å². The largest absolute Gasteiger partial charge is 0.481 e. The van der Waals surface area contributed by atoms with Gasteiger partial charge in [0.2, 0.25) is 0 Å². The molecule has 2 nitrogen and oxygen atoms in total. The molecule has 0 aliphatic rings. The number of carbonyl (C=O) groups is 1. The van der Waals surface area contributed by atoms with E-state index in [2.05, 4.69) is 74.6 Å². The normalized spacial score (nSPS) is 14.0. The van der Waals surface area contributed by atoms with Gasteiger partial charge in [0.05, 0.1) is 0 Å². The summed E-state index contributed by atoms with van der Waals surface area (Å²) in [4.78, 5) is 10.4. The number of rotatable bonds is 15. The van der Waals surface area contributed by atoms with Gasteiger partial charge in [0.1, 0.15) is 0 Å². The second-order valence-corrected chi connectivity index (χ2v) is 6.37. The van der Waals surface area contributed by atoms with Crippen LogP contribution >= 0.6 is 0 Å². The van der Waals surface area contributed by atoms with Gasteiger partial charge in [0, 0.05) is 6.42 Å². The van der Waals surface area contributed by atoms with Gasteiger partial charge in [-0.25, -0.2) is 0 Å². The van der Waals surface area contributed by atoms with Crippen molar-refractivity contribution in [2.45, 2.75) is 71.6 Å². The van der Waals surface area contributed by atoms with Gasteiger partial charge >= 0.3 is 5.97 Å². The molecule has 0 saturated carbocycles. The van der Waals surface area contributed by atoms with Crippen LogP contribution in [0.25, 0.3) is 0 Å². The third kappa shape index (κ3) is 20.1. The average molecular weight is 345 g/mol. The Bertz CT molecular complexity index is 453. The molecule has 0 rings (SSSR count). The topological polar surface area (TPSA) is 37.3 Å². The maximum Gasteiger partial charge on any atom is 0.303 e. The summed E-state index contributed by atoms with van der Waals surface area (Å²) >= 11 is 0. The zero-order chi connectivity index (χ0) is 18.6. The molecule has 2 heteroatoms. The first-order chi connectivity index (χ1) is 12.2. The minimum absolute atomic E-state index is 0.296. The SMILES string of the molecule is CCCC=CC=CCC=CC=CC(C)CC=CCCCCCC(=O)O. The molecule has 0 aliphatic heterocycles. The number of hydrogen-bond acceptors (Lipinski definition) is 1. The molecule has 0 heterocycles. The van der Waals surface area contributed by atoms with Crippen molar-refractivity contribution in [3.63, 3.8) is 0 Å². The lowest BCUT2D eigenvalue weighted by atomic mass is 10.1. The highest BCUT2D eigenvalue weighted by atomic mass is 16.4. The summed E-state index contributed by atoms with van der Waals surface area (Å²) < 4.78 is 0. The van der Waals surface area contributed by atoms with Gasteiger partial charge < -0.3 is 5.11 Å². The van der Waals surface area contributed by atoms with Crippen LogP contribution in [0.4, 0.5) is 0 Å². The summed E-state index contributed by atoms with van der Waals surface area (Å²) in [5.74, 6) is -0.148. The Morgan fingerprint density at radius 2 is 1.60 bits per heavy atom. The van der Waals surface area contributed by atoms with E-state index in [0.717, 1.165) is 44.9 Å². The van der Waals surface area contributed by atoms with E-state index in [1.165, 1.54) is 6.42 Å². The molecule has 0 spiro atoms. The maximum atomic E-state index is 10.4. The van der Waals surface area contributed by atoms with Crippen LogP contribution in [0.2, 0.25) is 0 Å². The molecular formula is C23H36O2. The second kappa shape index (κ2) is 18.5. The third-order valence-corrected chi connectivity index (χ3v) is 3.73. The first-order valence-corrected chi connectivity index (χ1v) is 9.68. The number of carboxylic acids is 1. The molecule has 1 unspecified atom stereocenters. The molecule has 1 N–H and O–H groups in total. The number of aliphatic carboxylic acids is 1. The molecular weight excluding hydrogens is 308 g/mol. The van der Waals surface area contributed by atoms with E-state index in [-0.39, 0.29) is 0 Å². The van der Waals surface area contributed by atoms with Gasteiger partial charge in [0.25, 0.3) is 0 Å². The van der Waals surface area contributed by atoms with Crippen molar-refractivity contribution in [1.82, 2.24) is 0 Å². The number of hydrogen-bond donors (Lipinski definition) is 1. The van der Waals surface area contributed by atoms with Crippen molar-refractivity contribution in [3.8, 4) is 0 Å². The van der Waals surface area contributed by atoms with Crippen LogP contribution in [-0.4, -0.2) is 11.1 Å². The summed E-state index contributed by atoms with van der Waals surface area (Å²) in [6, 6.07) is 0. The Morgan fingerprint density at radius 3 is 2.32 bits per heavy atom. The van der Waals surface area contributed by atoms with Crippen LogP contribution in [0.3, 0.4) is 0 Å². The second-order valence-electron chi connectivity index (χ2n) is 6.37. The molecule has 0 radical (unpaired) electrons. The van der Waals surface area contributed by atoms with Crippen molar-refractivity contribution in [2.75, 3.05) is 0 Å². The molecule has 140 valence electrons. The average Bonchev–Trinajstić information content (AvgIpc) is 2.58. The fraction of sp³-hybridized carbons (Fsp3) is 0.522. The van der Waals surface area contributed by atoms with Crippen molar-refractivity contribution in [3.05, 3.63) is 60.8 Å². The van der Waals surface area contributed by atoms with Crippen molar-refractivity contribution in [2.24, 2.45) is 5.92 Å². The molecule has 0 amide bonds. The molecule has 0 aliphatic carbocycles. The van der Waals surface area contributed by atoms with E-state index in [1.807, 2.05) is 0 Å². The maximum absolute atomic E-state index is 10.4. The lowest BCUT2D eigenvalue weighted by Crippen LogP contribution is -1.93. The molecule has 1 atom stereocenters. The molecule has 0 bridgehead atoms. The fourth-order valence-corrected chi connectivity index (χ4v) is 2.21. The van der Waals surface area contributed by atoms with E-state index in [1.54, 1.807) is 0 Å². The van der Waals surface area contributed by atoms with Gasteiger partial charge in [-0.05, 0) is 44.4 Å². The molecule has 0 saturated heterocycles. The summed E-state index contributed by atoms with van der Waals surface area (Å²) in [7, 11) is 0. The predicted molar refractivity (Wildman–Crippen MR) is 110 cm³/mol. The lowest BCUT2D eigenvalue weighted by molar-refractivity contribution is -0.137. The molecule has 0 aromatic carbocycles. The Morgan fingerprint density at radius 1 is 0.880 bits per heavy atom. The Labute approximate surface area is 154 Å². The Balaban J connectivity index is 3.65. The minimum atomic E-state index is -0.690. The van der Waals surface area contributed by atoms with Crippen LogP contribution in [0.15, 0.2) is 60.8 Å². The van der Waals surface area contributed by atoms with Gasteiger partial charge in [-0.1, -0.05) is 87.4 Å². The smallest absolute Gasteiger partial charge is 0.303 e.